The molecule has 0 unspecified atom stereocenters. The van der Waals surface area contributed by atoms with Gasteiger partial charge in [0.05, 0.1) is 15.7 Å². The fraction of sp³-hybridized carbons (Fsp3) is 0.316. The highest BCUT2D eigenvalue weighted by atomic mass is 35.5. The Balaban J connectivity index is 1.83. The van der Waals surface area contributed by atoms with Gasteiger partial charge in [0.2, 0.25) is 0 Å². The Morgan fingerprint density at radius 3 is 2.44 bits per heavy atom. The number of nitrogens with zero attached hydrogens (tertiary/aromatic N) is 1. The molecule has 0 amide bonds. The van der Waals surface area contributed by atoms with E-state index in [9.17, 15) is 8.42 Å². The Bertz CT molecular complexity index is 1160. The fourth-order valence-electron chi connectivity index (χ4n) is 3.22. The zero-order valence-corrected chi connectivity index (χ0v) is 18.3. The molecule has 0 fully saturated rings. The van der Waals surface area contributed by atoms with Crippen LogP contribution in [0.3, 0.4) is 0 Å². The van der Waals surface area contributed by atoms with Gasteiger partial charge in [-0.15, -0.1) is 22.7 Å². The maximum absolute atomic E-state index is 12.8. The maximum atomic E-state index is 12.8. The summed E-state index contributed by atoms with van der Waals surface area (Å²) in [6.45, 7) is 4.98. The molecule has 2 N–H and O–H groups in total. The molecular formula is C19H19ClN2O2S3. The largest absolute Gasteiger partial charge is 0.386 e. The molecule has 8 heteroatoms. The van der Waals surface area contributed by atoms with Crippen LogP contribution in [0.2, 0.25) is 5.02 Å². The number of halogens is 1. The lowest BCUT2D eigenvalue weighted by Gasteiger charge is -2.37. The number of amidine groups is 1. The van der Waals surface area contributed by atoms with Gasteiger partial charge in [-0.1, -0.05) is 29.8 Å². The monoisotopic (exact) mass is 438 g/mol. The van der Waals surface area contributed by atoms with E-state index in [1.807, 2.05) is 18.2 Å². The van der Waals surface area contributed by atoms with Crippen molar-refractivity contribution in [1.82, 2.24) is 0 Å². The van der Waals surface area contributed by atoms with Gasteiger partial charge in [-0.25, -0.2) is 8.42 Å². The van der Waals surface area contributed by atoms with Crippen LogP contribution in [0.4, 0.5) is 0 Å². The molecular weight excluding hydrogens is 420 g/mol. The summed E-state index contributed by atoms with van der Waals surface area (Å²) in [5.41, 5.74) is 5.08. The molecule has 4 nitrogen and oxygen atoms in total. The highest BCUT2D eigenvalue weighted by molar-refractivity contribution is 7.93. The number of thiophene rings is 2. The molecule has 142 valence electrons. The van der Waals surface area contributed by atoms with E-state index in [2.05, 4.69) is 23.2 Å². The zero-order chi connectivity index (χ0) is 19.6. The second-order valence-electron chi connectivity index (χ2n) is 7.48. The molecule has 0 spiro atoms. The molecule has 0 saturated heterocycles. The normalized spacial score (nSPS) is 24.1. The van der Waals surface area contributed by atoms with Gasteiger partial charge < -0.3 is 5.73 Å². The number of aliphatic imine (C=N–C) groups is 1. The lowest BCUT2D eigenvalue weighted by molar-refractivity contribution is 0.507. The molecule has 1 atom stereocenters. The minimum atomic E-state index is -3.46. The van der Waals surface area contributed by atoms with E-state index < -0.39 is 20.1 Å². The van der Waals surface area contributed by atoms with E-state index in [4.69, 9.17) is 17.3 Å². The van der Waals surface area contributed by atoms with Gasteiger partial charge >= 0.3 is 0 Å². The van der Waals surface area contributed by atoms with Crippen LogP contribution < -0.4 is 5.73 Å². The summed E-state index contributed by atoms with van der Waals surface area (Å²) in [5.74, 6) is 0.0175. The van der Waals surface area contributed by atoms with E-state index in [-0.39, 0.29) is 11.6 Å². The quantitative estimate of drug-likeness (QED) is 0.607. The third-order valence-corrected chi connectivity index (χ3v) is 10.9. The summed E-state index contributed by atoms with van der Waals surface area (Å²) in [7, 11) is -3.46. The highest BCUT2D eigenvalue weighted by Crippen LogP contribution is 2.47. The Morgan fingerprint density at radius 2 is 1.78 bits per heavy atom. The summed E-state index contributed by atoms with van der Waals surface area (Å²) in [4.78, 5) is 7.44. The predicted octanol–water partition coefficient (Wildman–Crippen LogP) is 5.06. The van der Waals surface area contributed by atoms with E-state index >= 15 is 0 Å². The number of rotatable bonds is 2. The molecule has 0 saturated carbocycles. The van der Waals surface area contributed by atoms with Crippen LogP contribution in [0.1, 0.15) is 25.6 Å². The predicted molar refractivity (Wildman–Crippen MR) is 117 cm³/mol. The summed E-state index contributed by atoms with van der Waals surface area (Å²) in [6.07, 6.45) is 0. The van der Waals surface area contributed by atoms with Crippen LogP contribution in [0, 0.1) is 0 Å². The van der Waals surface area contributed by atoms with E-state index in [1.165, 1.54) is 21.4 Å². The summed E-state index contributed by atoms with van der Waals surface area (Å²) >= 11 is 9.72. The second-order valence-corrected chi connectivity index (χ2v) is 12.6. The third kappa shape index (κ3) is 2.92. The summed E-state index contributed by atoms with van der Waals surface area (Å²) in [6, 6.07) is 12.2. The number of sulfone groups is 1. The average Bonchev–Trinajstić information content (AvgIpc) is 3.16. The third-order valence-electron chi connectivity index (χ3n) is 5.08. The van der Waals surface area contributed by atoms with Gasteiger partial charge in [0.25, 0.3) is 0 Å². The van der Waals surface area contributed by atoms with Gasteiger partial charge in [-0.3, -0.25) is 4.99 Å². The van der Waals surface area contributed by atoms with Gasteiger partial charge in [0, 0.05) is 14.5 Å². The molecule has 0 aliphatic carbocycles. The SMILES string of the molecule is CC1(C)C(N)=N[C@](C)(c2sc(-c3cc4ccccc4s3)cc2Cl)CS1(=O)=O. The van der Waals surface area contributed by atoms with E-state index in [0.29, 0.717) is 5.02 Å². The van der Waals surface area contributed by atoms with Crippen molar-refractivity contribution < 1.29 is 8.42 Å². The maximum Gasteiger partial charge on any atom is 0.165 e. The first-order valence-electron chi connectivity index (χ1n) is 8.40. The molecule has 3 aromatic rings. The van der Waals surface area contributed by atoms with E-state index in [1.54, 1.807) is 32.1 Å². The topological polar surface area (TPSA) is 72.5 Å². The molecule has 1 aliphatic rings. The molecule has 27 heavy (non-hydrogen) atoms. The van der Waals surface area contributed by atoms with Crippen molar-refractivity contribution >= 4 is 60.0 Å². The molecule has 1 aliphatic heterocycles. The van der Waals surface area contributed by atoms with Crippen molar-refractivity contribution in [3.05, 3.63) is 46.3 Å². The van der Waals surface area contributed by atoms with Crippen molar-refractivity contribution in [1.29, 1.82) is 0 Å². The molecule has 0 radical (unpaired) electrons. The lowest BCUT2D eigenvalue weighted by Crippen LogP contribution is -2.54. The lowest BCUT2D eigenvalue weighted by atomic mass is 10.0. The molecule has 3 heterocycles. The summed E-state index contributed by atoms with van der Waals surface area (Å²) in [5, 5.41) is 1.71. The Morgan fingerprint density at radius 1 is 1.11 bits per heavy atom. The van der Waals surface area contributed by atoms with Crippen molar-refractivity contribution in [2.75, 3.05) is 5.75 Å². The number of hydrogen-bond donors (Lipinski definition) is 1. The number of hydrogen-bond acceptors (Lipinski definition) is 6. The van der Waals surface area contributed by atoms with Crippen LogP contribution in [0.5, 0.6) is 0 Å². The minimum absolute atomic E-state index is 0.111. The van der Waals surface area contributed by atoms with Crippen LogP contribution in [-0.2, 0) is 15.4 Å². The molecule has 1 aromatic carbocycles. The first kappa shape index (κ1) is 18.9. The van der Waals surface area contributed by atoms with Crippen LogP contribution in [-0.4, -0.2) is 24.8 Å². The van der Waals surface area contributed by atoms with Crippen LogP contribution in [0.25, 0.3) is 19.8 Å². The van der Waals surface area contributed by atoms with Gasteiger partial charge in [0.1, 0.15) is 16.1 Å². The van der Waals surface area contributed by atoms with Gasteiger partial charge in [0.15, 0.2) is 9.84 Å². The van der Waals surface area contributed by atoms with Crippen molar-refractivity contribution in [3.8, 4) is 9.75 Å². The summed E-state index contributed by atoms with van der Waals surface area (Å²) < 4.78 is 25.7. The number of fused-ring (bicyclic) bond motifs is 1. The van der Waals surface area contributed by atoms with Crippen molar-refractivity contribution in [3.63, 3.8) is 0 Å². The smallest absolute Gasteiger partial charge is 0.165 e. The standard InChI is InChI=1S/C19H19ClN2O2S3/c1-18(2)17(21)22-19(3,10-27(18,23)24)16-12(20)9-15(26-16)14-8-11-6-4-5-7-13(11)25-14/h4-9H,10H2,1-3H3,(H2,21,22)/t19-/m0/s1. The zero-order valence-electron chi connectivity index (χ0n) is 15.1. The number of benzene rings is 1. The Kier molecular flexibility index (Phi) is 4.24. The number of nitrogens with two attached hydrogens (primary N) is 1. The molecule has 2 aromatic heterocycles. The minimum Gasteiger partial charge on any atom is -0.386 e. The fourth-order valence-corrected chi connectivity index (χ4v) is 7.75. The van der Waals surface area contributed by atoms with Crippen LogP contribution >= 0.6 is 34.3 Å². The van der Waals surface area contributed by atoms with E-state index in [0.717, 1.165) is 14.6 Å². The van der Waals surface area contributed by atoms with Crippen molar-refractivity contribution in [2.45, 2.75) is 31.1 Å². The van der Waals surface area contributed by atoms with Gasteiger partial charge in [-0.2, -0.15) is 0 Å². The van der Waals surface area contributed by atoms with Gasteiger partial charge in [-0.05, 0) is 44.4 Å². The first-order chi connectivity index (χ1) is 12.5. The highest BCUT2D eigenvalue weighted by Gasteiger charge is 2.49. The second kappa shape index (κ2) is 6.04. The van der Waals surface area contributed by atoms with Crippen molar-refractivity contribution in [2.24, 2.45) is 10.7 Å². The Hall–Kier alpha value is -1.41. The molecule has 0 bridgehead atoms. The Labute approximate surface area is 171 Å². The molecule has 4 rings (SSSR count). The van der Waals surface area contributed by atoms with Crippen LogP contribution in [0.15, 0.2) is 41.4 Å². The average molecular weight is 439 g/mol. The first-order valence-corrected chi connectivity index (χ1v) is 12.1.